The van der Waals surface area contributed by atoms with Crippen LogP contribution in [0.1, 0.15) is 17.7 Å². The van der Waals surface area contributed by atoms with Crippen molar-refractivity contribution in [1.82, 2.24) is 4.98 Å². The summed E-state index contributed by atoms with van der Waals surface area (Å²) in [6.45, 7) is 1.64. The number of hydrogen-bond acceptors (Lipinski definition) is 2. The van der Waals surface area contributed by atoms with Gasteiger partial charge in [0.05, 0.1) is 3.57 Å². The number of nitrogens with two attached hydrogens (primary N) is 1. The molecule has 0 aliphatic rings. The Bertz CT molecular complexity index is 302. The molecule has 1 heterocycles. The first-order valence-corrected chi connectivity index (χ1v) is 4.31. The Labute approximate surface area is 82.3 Å². The van der Waals surface area contributed by atoms with E-state index in [0.29, 0.717) is 9.26 Å². The van der Waals surface area contributed by atoms with Gasteiger partial charge in [-0.15, -0.1) is 0 Å². The van der Waals surface area contributed by atoms with Crippen LogP contribution in [0.5, 0.6) is 0 Å². The zero-order chi connectivity index (χ0) is 9.30. The topological polar surface area (TPSA) is 38.9 Å². The third-order valence-electron chi connectivity index (χ3n) is 1.37. The predicted octanol–water partition coefficient (Wildman–Crippen LogP) is 2.51. The molecule has 0 saturated carbocycles. The van der Waals surface area contributed by atoms with Crippen LogP contribution in [0.4, 0.5) is 14.6 Å². The number of nitrogens with zero attached hydrogens (tertiary/aromatic N) is 1. The van der Waals surface area contributed by atoms with Crippen molar-refractivity contribution in [3.8, 4) is 0 Å². The highest BCUT2D eigenvalue weighted by Gasteiger charge is 2.14. The van der Waals surface area contributed by atoms with E-state index in [-0.39, 0.29) is 11.4 Å². The predicted molar refractivity (Wildman–Crippen MR) is 51.1 cm³/mol. The van der Waals surface area contributed by atoms with Crippen LogP contribution in [0.2, 0.25) is 0 Å². The number of alkyl halides is 2. The molecule has 0 aromatic carbocycles. The zero-order valence-electron chi connectivity index (χ0n) is 6.31. The number of pyridine rings is 1. The van der Waals surface area contributed by atoms with Crippen molar-refractivity contribution >= 4 is 28.4 Å². The molecule has 0 aliphatic heterocycles. The van der Waals surface area contributed by atoms with Crippen LogP contribution < -0.4 is 5.73 Å². The summed E-state index contributed by atoms with van der Waals surface area (Å²) in [5, 5.41) is 0. The van der Waals surface area contributed by atoms with Crippen molar-refractivity contribution in [3.05, 3.63) is 20.9 Å². The van der Waals surface area contributed by atoms with Crippen molar-refractivity contribution in [2.75, 3.05) is 5.73 Å². The van der Waals surface area contributed by atoms with Gasteiger partial charge in [0, 0.05) is 11.3 Å². The summed E-state index contributed by atoms with van der Waals surface area (Å²) in [5.74, 6) is 0.172. The van der Waals surface area contributed by atoms with Crippen LogP contribution in [0.15, 0.2) is 6.07 Å². The largest absolute Gasteiger partial charge is 0.383 e. The summed E-state index contributed by atoms with van der Waals surface area (Å²) in [4.78, 5) is 3.85. The number of halogens is 3. The van der Waals surface area contributed by atoms with Gasteiger partial charge in [-0.05, 0) is 35.6 Å². The maximum atomic E-state index is 12.3. The monoisotopic (exact) mass is 284 g/mol. The van der Waals surface area contributed by atoms with E-state index < -0.39 is 6.43 Å². The number of anilines is 1. The lowest BCUT2D eigenvalue weighted by molar-refractivity contribution is 0.150. The number of aromatic nitrogens is 1. The molecule has 0 aliphatic carbocycles. The van der Waals surface area contributed by atoms with Gasteiger partial charge in [0.25, 0.3) is 6.43 Å². The summed E-state index contributed by atoms with van der Waals surface area (Å²) in [6.07, 6.45) is -2.49. The lowest BCUT2D eigenvalue weighted by Crippen LogP contribution is -2.01. The number of nitrogen functional groups attached to an aromatic ring is 1. The first kappa shape index (κ1) is 9.63. The van der Waals surface area contributed by atoms with Crippen LogP contribution in [-0.2, 0) is 0 Å². The van der Waals surface area contributed by atoms with Crippen LogP contribution >= 0.6 is 22.6 Å². The minimum atomic E-state index is -2.49. The second kappa shape index (κ2) is 3.51. The van der Waals surface area contributed by atoms with Gasteiger partial charge in [0.1, 0.15) is 5.82 Å². The minimum Gasteiger partial charge on any atom is -0.383 e. The first-order valence-electron chi connectivity index (χ1n) is 3.23. The molecular weight excluding hydrogens is 277 g/mol. The second-order valence-corrected chi connectivity index (χ2v) is 3.43. The molecule has 0 amide bonds. The maximum Gasteiger partial charge on any atom is 0.265 e. The molecule has 1 aromatic rings. The number of rotatable bonds is 1. The highest BCUT2D eigenvalue weighted by atomic mass is 127. The normalized spacial score (nSPS) is 10.8. The van der Waals surface area contributed by atoms with Gasteiger partial charge in [-0.1, -0.05) is 0 Å². The smallest absolute Gasteiger partial charge is 0.265 e. The van der Waals surface area contributed by atoms with Gasteiger partial charge in [-0.2, -0.15) is 0 Å². The fraction of sp³-hybridized carbons (Fsp3) is 0.286. The molecule has 0 fully saturated rings. The van der Waals surface area contributed by atoms with E-state index in [1.54, 1.807) is 29.5 Å². The molecule has 0 saturated heterocycles. The lowest BCUT2D eigenvalue weighted by Gasteiger charge is -2.06. The second-order valence-electron chi connectivity index (χ2n) is 2.35. The van der Waals surface area contributed by atoms with Crippen molar-refractivity contribution in [1.29, 1.82) is 0 Å². The summed E-state index contributed by atoms with van der Waals surface area (Å²) in [6, 6.07) is 1.35. The summed E-state index contributed by atoms with van der Waals surface area (Å²) in [5.41, 5.74) is 5.88. The van der Waals surface area contributed by atoms with Crippen molar-refractivity contribution in [2.24, 2.45) is 0 Å². The third kappa shape index (κ3) is 1.82. The van der Waals surface area contributed by atoms with Gasteiger partial charge >= 0.3 is 0 Å². The van der Waals surface area contributed by atoms with Crippen LogP contribution in [-0.4, -0.2) is 4.98 Å². The van der Waals surface area contributed by atoms with Crippen molar-refractivity contribution in [3.63, 3.8) is 0 Å². The van der Waals surface area contributed by atoms with Crippen LogP contribution in [0.25, 0.3) is 0 Å². The maximum absolute atomic E-state index is 12.3. The molecular formula is C7H7F2IN2. The van der Waals surface area contributed by atoms with E-state index >= 15 is 0 Å². The molecule has 1 rings (SSSR count). The Hall–Kier alpha value is -0.460. The van der Waals surface area contributed by atoms with Gasteiger partial charge in [-0.3, -0.25) is 0 Å². The van der Waals surface area contributed by atoms with E-state index in [1.807, 2.05) is 0 Å². The Morgan fingerprint density at radius 2 is 2.17 bits per heavy atom. The van der Waals surface area contributed by atoms with Crippen LogP contribution in [0.3, 0.4) is 0 Å². The minimum absolute atomic E-state index is 0.0411. The molecule has 2 nitrogen and oxygen atoms in total. The SMILES string of the molecule is Cc1cc(C(F)F)c(I)c(N)n1. The average Bonchev–Trinajstić information content (AvgIpc) is 1.96. The van der Waals surface area contributed by atoms with E-state index in [9.17, 15) is 8.78 Å². The van der Waals surface area contributed by atoms with Gasteiger partial charge in [0.2, 0.25) is 0 Å². The van der Waals surface area contributed by atoms with Crippen molar-refractivity contribution in [2.45, 2.75) is 13.3 Å². The third-order valence-corrected chi connectivity index (χ3v) is 2.55. The average molecular weight is 284 g/mol. The Balaban J connectivity index is 3.28. The summed E-state index contributed by atoms with van der Waals surface area (Å²) >= 11 is 1.77. The number of hydrogen-bond donors (Lipinski definition) is 1. The van der Waals surface area contributed by atoms with E-state index in [2.05, 4.69) is 4.98 Å². The molecule has 5 heteroatoms. The molecule has 0 radical (unpaired) electrons. The van der Waals surface area contributed by atoms with Gasteiger partial charge in [-0.25, -0.2) is 13.8 Å². The lowest BCUT2D eigenvalue weighted by atomic mass is 10.2. The molecule has 0 spiro atoms. The first-order chi connectivity index (χ1) is 5.52. The molecule has 12 heavy (non-hydrogen) atoms. The summed E-state index contributed by atoms with van der Waals surface area (Å²) < 4.78 is 24.9. The highest BCUT2D eigenvalue weighted by molar-refractivity contribution is 14.1. The Morgan fingerprint density at radius 1 is 1.58 bits per heavy atom. The van der Waals surface area contributed by atoms with E-state index in [1.165, 1.54) is 6.07 Å². The molecule has 0 atom stereocenters. The fourth-order valence-corrected chi connectivity index (χ4v) is 1.38. The molecule has 0 bridgehead atoms. The fourth-order valence-electron chi connectivity index (χ4n) is 0.866. The molecule has 2 N–H and O–H groups in total. The van der Waals surface area contributed by atoms with E-state index in [4.69, 9.17) is 5.73 Å². The van der Waals surface area contributed by atoms with Crippen LogP contribution in [0, 0.1) is 10.5 Å². The van der Waals surface area contributed by atoms with E-state index in [0.717, 1.165) is 0 Å². The highest BCUT2D eigenvalue weighted by Crippen LogP contribution is 2.27. The Kier molecular flexibility index (Phi) is 2.81. The molecule has 66 valence electrons. The van der Waals surface area contributed by atoms with Gasteiger partial charge < -0.3 is 5.73 Å². The molecule has 0 unspecified atom stereocenters. The number of aryl methyl sites for hydroxylation is 1. The quantitative estimate of drug-likeness (QED) is 0.805. The van der Waals surface area contributed by atoms with Crippen molar-refractivity contribution < 1.29 is 8.78 Å². The standard InChI is InChI=1S/C7H7F2IN2/c1-3-2-4(6(8)9)5(10)7(11)12-3/h2,6H,1H3,(H2,11,12). The Morgan fingerprint density at radius 3 is 2.67 bits per heavy atom. The summed E-state index contributed by atoms with van der Waals surface area (Å²) in [7, 11) is 0. The molecule has 1 aromatic heterocycles. The van der Waals surface area contributed by atoms with Gasteiger partial charge in [0.15, 0.2) is 0 Å². The zero-order valence-corrected chi connectivity index (χ0v) is 8.47.